The Balaban J connectivity index is 0.000000298. The Kier molecular flexibility index (Phi) is 13.0. The summed E-state index contributed by atoms with van der Waals surface area (Å²) >= 11 is 1.84. The zero-order valence-corrected chi connectivity index (χ0v) is 21.2. The van der Waals surface area contributed by atoms with Crippen molar-refractivity contribution in [1.29, 1.82) is 0 Å². The van der Waals surface area contributed by atoms with Gasteiger partial charge >= 0.3 is 0 Å². The van der Waals surface area contributed by atoms with E-state index in [1.807, 2.05) is 22.7 Å². The molecule has 0 aliphatic carbocycles. The summed E-state index contributed by atoms with van der Waals surface area (Å²) in [6.07, 6.45) is 0. The molecule has 2 aromatic carbocycles. The molecule has 0 aromatic heterocycles. The molecular weight excluding hydrogens is 496 g/mol. The quantitative estimate of drug-likeness (QED) is 0.267. The molecule has 0 fully saturated rings. The van der Waals surface area contributed by atoms with Crippen molar-refractivity contribution in [2.45, 2.75) is 36.7 Å². The Hall–Kier alpha value is -2.93. The highest BCUT2D eigenvalue weighted by atomic mass is 32.2. The Labute approximate surface area is 209 Å². The van der Waals surface area contributed by atoms with Crippen molar-refractivity contribution in [2.75, 3.05) is 24.6 Å². The summed E-state index contributed by atoms with van der Waals surface area (Å²) in [7, 11) is -3.24. The fourth-order valence-corrected chi connectivity index (χ4v) is 5.95. The van der Waals surface area contributed by atoms with Gasteiger partial charge in [0.15, 0.2) is 9.84 Å². The highest BCUT2D eigenvalue weighted by Crippen LogP contribution is 2.27. The van der Waals surface area contributed by atoms with Crippen LogP contribution in [-0.4, -0.2) is 76.7 Å². The molecule has 35 heavy (non-hydrogen) atoms. The standard InChI is InChI=1S/C11H13NO3S.C11H13NOS.CH2O2.H2O2/c1-9(13)12-6-7-16(14,15)11-5-3-2-4-10(11)8-12;1-9(13)12-6-7-14-11-5-3-2-4-10(11)8-12;2-1-3;1-2/h2-5H,6-8H2,1H3;2-5H,6-8H2,1H3;1H,(H,2,3);1-2H. The van der Waals surface area contributed by atoms with Crippen LogP contribution in [0.2, 0.25) is 0 Å². The third-order valence-electron chi connectivity index (χ3n) is 5.14. The summed E-state index contributed by atoms with van der Waals surface area (Å²) in [6.45, 7) is 5.11. The van der Waals surface area contributed by atoms with E-state index in [2.05, 4.69) is 18.2 Å². The monoisotopic (exact) mass is 526 g/mol. The Morgan fingerprint density at radius 2 is 1.37 bits per heavy atom. The average Bonchev–Trinajstić information content (AvgIpc) is 3.14. The minimum atomic E-state index is -3.24. The number of thioether (sulfide) groups is 1. The topological polar surface area (TPSA) is 153 Å². The van der Waals surface area contributed by atoms with Gasteiger partial charge in [0.2, 0.25) is 11.8 Å². The maximum absolute atomic E-state index is 11.9. The fraction of sp³-hybridized carbons (Fsp3) is 0.348. The van der Waals surface area contributed by atoms with Crippen molar-refractivity contribution in [1.82, 2.24) is 9.80 Å². The van der Waals surface area contributed by atoms with Crippen LogP contribution in [-0.2, 0) is 37.3 Å². The van der Waals surface area contributed by atoms with Gasteiger partial charge in [-0.1, -0.05) is 36.4 Å². The highest BCUT2D eigenvalue weighted by Gasteiger charge is 2.25. The molecule has 2 aliphatic heterocycles. The third kappa shape index (κ3) is 9.32. The van der Waals surface area contributed by atoms with E-state index in [9.17, 15) is 18.0 Å². The third-order valence-corrected chi connectivity index (χ3v) is 8.03. The van der Waals surface area contributed by atoms with Crippen LogP contribution >= 0.6 is 11.8 Å². The van der Waals surface area contributed by atoms with Gasteiger partial charge in [0.25, 0.3) is 6.47 Å². The number of fused-ring (bicyclic) bond motifs is 2. The first kappa shape index (κ1) is 30.1. The molecule has 2 aliphatic rings. The van der Waals surface area contributed by atoms with Gasteiger partial charge in [-0.3, -0.25) is 24.9 Å². The molecule has 2 heterocycles. The zero-order valence-electron chi connectivity index (χ0n) is 19.5. The summed E-state index contributed by atoms with van der Waals surface area (Å²) in [5, 5.41) is 18.9. The number of benzene rings is 2. The lowest BCUT2D eigenvalue weighted by molar-refractivity contribution is -0.176. The Morgan fingerprint density at radius 3 is 1.97 bits per heavy atom. The first-order valence-corrected chi connectivity index (χ1v) is 13.1. The van der Waals surface area contributed by atoms with E-state index in [0.717, 1.165) is 18.8 Å². The van der Waals surface area contributed by atoms with Crippen LogP contribution in [0.5, 0.6) is 0 Å². The number of hydrogen-bond acceptors (Lipinski definition) is 8. The first-order chi connectivity index (χ1) is 16.7. The smallest absolute Gasteiger partial charge is 0.290 e. The van der Waals surface area contributed by atoms with Crippen molar-refractivity contribution in [3.63, 3.8) is 0 Å². The normalized spacial score (nSPS) is 15.4. The van der Waals surface area contributed by atoms with Crippen molar-refractivity contribution >= 4 is 39.9 Å². The van der Waals surface area contributed by atoms with Crippen molar-refractivity contribution < 1.29 is 38.4 Å². The summed E-state index contributed by atoms with van der Waals surface area (Å²) in [5.41, 5.74) is 1.97. The molecule has 10 nitrogen and oxygen atoms in total. The summed E-state index contributed by atoms with van der Waals surface area (Å²) in [5.74, 6) is 1.08. The van der Waals surface area contributed by atoms with E-state index in [0.29, 0.717) is 17.0 Å². The second-order valence-corrected chi connectivity index (χ2v) is 10.6. The largest absolute Gasteiger partial charge is 0.483 e. The van der Waals surface area contributed by atoms with Gasteiger partial charge in [0.05, 0.1) is 10.6 Å². The van der Waals surface area contributed by atoms with E-state index in [4.69, 9.17) is 20.4 Å². The second kappa shape index (κ2) is 15.1. The fourth-order valence-electron chi connectivity index (χ4n) is 3.43. The van der Waals surface area contributed by atoms with Gasteiger partial charge in [-0.05, 0) is 23.3 Å². The van der Waals surface area contributed by atoms with Crippen LogP contribution in [0.15, 0.2) is 58.3 Å². The number of carboxylic acid groups (broad SMARTS) is 1. The molecular formula is C23H30N2O8S2. The number of sulfone groups is 1. The number of hydrogen-bond donors (Lipinski definition) is 3. The van der Waals surface area contributed by atoms with Crippen molar-refractivity contribution in [2.24, 2.45) is 0 Å². The lowest BCUT2D eigenvalue weighted by atomic mass is 10.2. The van der Waals surface area contributed by atoms with Crippen LogP contribution in [0.4, 0.5) is 0 Å². The molecule has 12 heteroatoms. The highest BCUT2D eigenvalue weighted by molar-refractivity contribution is 7.99. The second-order valence-electron chi connectivity index (χ2n) is 7.37. The molecule has 0 unspecified atom stereocenters. The minimum absolute atomic E-state index is 0.00356. The number of carbonyl (C=O) groups is 3. The molecule has 0 radical (unpaired) electrons. The van der Waals surface area contributed by atoms with Crippen LogP contribution in [0.25, 0.3) is 0 Å². The van der Waals surface area contributed by atoms with Crippen molar-refractivity contribution in [3.05, 3.63) is 59.7 Å². The van der Waals surface area contributed by atoms with Gasteiger partial charge in [0, 0.05) is 50.7 Å². The Morgan fingerprint density at radius 1 is 0.886 bits per heavy atom. The van der Waals surface area contributed by atoms with Crippen molar-refractivity contribution in [3.8, 4) is 0 Å². The molecule has 2 aromatic rings. The number of carbonyl (C=O) groups excluding carboxylic acids is 2. The lowest BCUT2D eigenvalue weighted by Crippen LogP contribution is -2.30. The molecule has 2 amide bonds. The van der Waals surface area contributed by atoms with Gasteiger partial charge in [-0.25, -0.2) is 8.42 Å². The first-order valence-electron chi connectivity index (χ1n) is 10.5. The van der Waals surface area contributed by atoms with E-state index in [-0.39, 0.29) is 30.6 Å². The van der Waals surface area contributed by atoms with Crippen LogP contribution in [0, 0.1) is 0 Å². The zero-order chi connectivity index (χ0) is 26.4. The van der Waals surface area contributed by atoms with Gasteiger partial charge in [0.1, 0.15) is 0 Å². The van der Waals surface area contributed by atoms with E-state index in [1.165, 1.54) is 17.4 Å². The van der Waals surface area contributed by atoms with Crippen LogP contribution in [0.3, 0.4) is 0 Å². The molecule has 0 atom stereocenters. The summed E-state index contributed by atoms with van der Waals surface area (Å²) < 4.78 is 23.8. The maximum Gasteiger partial charge on any atom is 0.290 e. The lowest BCUT2D eigenvalue weighted by Gasteiger charge is -2.17. The number of nitrogens with zero attached hydrogens (tertiary/aromatic N) is 2. The SMILES string of the molecule is CC(=O)N1CCS(=O)(=O)c2ccccc2C1.CC(=O)N1CCSc2ccccc2C1.O=CO.OO. The predicted molar refractivity (Wildman–Crippen MR) is 132 cm³/mol. The average molecular weight is 527 g/mol. The molecule has 4 rings (SSSR count). The van der Waals surface area contributed by atoms with Gasteiger partial charge in [-0.2, -0.15) is 0 Å². The molecule has 0 saturated heterocycles. The Bertz CT molecular complexity index is 1090. The molecule has 0 spiro atoms. The summed E-state index contributed by atoms with van der Waals surface area (Å²) in [6, 6.07) is 15.2. The number of amides is 2. The molecule has 192 valence electrons. The molecule has 3 N–H and O–H groups in total. The van der Waals surface area contributed by atoms with Crippen LogP contribution in [0.1, 0.15) is 25.0 Å². The molecule has 0 saturated carbocycles. The van der Waals surface area contributed by atoms with E-state index < -0.39 is 9.84 Å². The summed E-state index contributed by atoms with van der Waals surface area (Å²) in [4.78, 5) is 36.1. The predicted octanol–water partition coefficient (Wildman–Crippen LogP) is 2.68. The van der Waals surface area contributed by atoms with Gasteiger partial charge < -0.3 is 14.9 Å². The van der Waals surface area contributed by atoms with Crippen LogP contribution < -0.4 is 0 Å². The van der Waals surface area contributed by atoms with E-state index >= 15 is 0 Å². The number of rotatable bonds is 0. The minimum Gasteiger partial charge on any atom is -0.483 e. The molecule has 0 bridgehead atoms. The maximum atomic E-state index is 11.9. The van der Waals surface area contributed by atoms with Gasteiger partial charge in [-0.15, -0.1) is 11.8 Å². The van der Waals surface area contributed by atoms with E-state index in [1.54, 1.807) is 36.1 Å².